The molecule has 3 rings (SSSR count). The zero-order valence-corrected chi connectivity index (χ0v) is 18.8. The molecule has 30 heavy (non-hydrogen) atoms. The molecule has 2 aromatic carbocycles. The van der Waals surface area contributed by atoms with Gasteiger partial charge in [-0.3, -0.25) is 4.90 Å². The molecule has 6 heteroatoms. The zero-order chi connectivity index (χ0) is 21.6. The molecule has 0 aliphatic carbocycles. The molecule has 1 heterocycles. The molecule has 6 nitrogen and oxygen atoms in total. The van der Waals surface area contributed by atoms with Crippen LogP contribution < -0.4 is 27.0 Å². The summed E-state index contributed by atoms with van der Waals surface area (Å²) in [5, 5.41) is 6.95. The van der Waals surface area contributed by atoms with E-state index in [1.807, 2.05) is 62.4 Å². The molecule has 0 spiro atoms. The molecule has 2 aromatic rings. The maximum Gasteiger partial charge on any atom is 0.0900 e. The molecule has 1 saturated heterocycles. The van der Waals surface area contributed by atoms with E-state index in [1.165, 1.54) is 52.1 Å². The number of rotatable bonds is 10. The fourth-order valence-corrected chi connectivity index (χ4v) is 3.65. The number of quaternary nitrogens is 1. The summed E-state index contributed by atoms with van der Waals surface area (Å²) in [5.41, 5.74) is 15.4. The van der Waals surface area contributed by atoms with E-state index in [0.717, 1.165) is 35.8 Å². The van der Waals surface area contributed by atoms with Gasteiger partial charge in [-0.05, 0) is 55.0 Å². The summed E-state index contributed by atoms with van der Waals surface area (Å²) in [6.45, 7) is 13.4. The van der Waals surface area contributed by atoms with Crippen LogP contribution in [0.25, 0.3) is 0 Å². The monoisotopic (exact) mass is 413 g/mol. The van der Waals surface area contributed by atoms with Crippen molar-refractivity contribution >= 4 is 22.7 Å². The lowest BCUT2D eigenvalue weighted by Gasteiger charge is -2.32. The van der Waals surface area contributed by atoms with E-state index in [2.05, 4.69) is 15.5 Å². The third-order valence-corrected chi connectivity index (χ3v) is 5.40. The van der Waals surface area contributed by atoms with Gasteiger partial charge in [0, 0.05) is 61.9 Å². The smallest absolute Gasteiger partial charge is 0.0900 e. The van der Waals surface area contributed by atoms with Crippen molar-refractivity contribution in [2.45, 2.75) is 26.7 Å². The van der Waals surface area contributed by atoms with E-state index < -0.39 is 0 Å². The first-order valence-electron chi connectivity index (χ1n) is 11.4. The second-order valence-corrected chi connectivity index (χ2v) is 7.65. The molecule has 0 bridgehead atoms. The minimum absolute atomic E-state index is 0.812. The van der Waals surface area contributed by atoms with Crippen molar-refractivity contribution in [3.05, 3.63) is 48.5 Å². The van der Waals surface area contributed by atoms with Crippen molar-refractivity contribution in [3.63, 3.8) is 0 Å². The summed E-state index contributed by atoms with van der Waals surface area (Å²) in [7, 11) is 0. The summed E-state index contributed by atoms with van der Waals surface area (Å²) in [6, 6.07) is 15.9. The Morgan fingerprint density at radius 3 is 1.73 bits per heavy atom. The van der Waals surface area contributed by atoms with Gasteiger partial charge in [0.05, 0.1) is 19.6 Å². The number of nitrogen functional groups attached to an aromatic ring is 2. The van der Waals surface area contributed by atoms with E-state index in [0.29, 0.717) is 0 Å². The van der Waals surface area contributed by atoms with Crippen molar-refractivity contribution in [2.75, 3.05) is 74.5 Å². The normalized spacial score (nSPS) is 14.6. The third-order valence-electron chi connectivity index (χ3n) is 5.40. The van der Waals surface area contributed by atoms with Crippen LogP contribution in [0.15, 0.2) is 48.5 Å². The van der Waals surface area contributed by atoms with E-state index in [-0.39, 0.29) is 0 Å². The van der Waals surface area contributed by atoms with Gasteiger partial charge >= 0.3 is 0 Å². The van der Waals surface area contributed by atoms with Crippen LogP contribution in [0.2, 0.25) is 0 Å². The molecule has 0 unspecified atom stereocenters. The van der Waals surface area contributed by atoms with Gasteiger partial charge in [-0.25, -0.2) is 0 Å². The van der Waals surface area contributed by atoms with Crippen LogP contribution in [0.4, 0.5) is 22.7 Å². The highest BCUT2D eigenvalue weighted by Gasteiger charge is 2.18. The van der Waals surface area contributed by atoms with Gasteiger partial charge in [0.25, 0.3) is 0 Å². The molecule has 0 amide bonds. The lowest BCUT2D eigenvalue weighted by Crippen LogP contribution is -3.14. The number of nitrogens with zero attached hydrogens (tertiary/aromatic N) is 1. The van der Waals surface area contributed by atoms with Gasteiger partial charge in [-0.1, -0.05) is 13.8 Å². The number of piperazine rings is 1. The van der Waals surface area contributed by atoms with Crippen LogP contribution in [0, 0.1) is 0 Å². The number of nitrogens with one attached hydrogen (secondary N) is 3. The number of benzene rings is 2. The van der Waals surface area contributed by atoms with Crippen LogP contribution in [0.5, 0.6) is 0 Å². The summed E-state index contributed by atoms with van der Waals surface area (Å²) < 4.78 is 0. The van der Waals surface area contributed by atoms with Gasteiger partial charge in [-0.15, -0.1) is 0 Å². The minimum atomic E-state index is 0.812. The first-order chi connectivity index (χ1) is 14.7. The maximum absolute atomic E-state index is 5.72. The molecule has 166 valence electrons. The van der Waals surface area contributed by atoms with E-state index in [1.54, 1.807) is 4.90 Å². The molecule has 0 atom stereocenters. The molecule has 1 aliphatic rings. The quantitative estimate of drug-likeness (QED) is 0.305. The number of anilines is 4. The van der Waals surface area contributed by atoms with Gasteiger partial charge in [0.15, 0.2) is 0 Å². The number of hydrogen-bond acceptors (Lipinski definition) is 5. The molecular weight excluding hydrogens is 372 g/mol. The molecule has 1 fully saturated rings. The Balaban J connectivity index is 0.00000155. The highest BCUT2D eigenvalue weighted by molar-refractivity contribution is 5.51. The van der Waals surface area contributed by atoms with Crippen LogP contribution in [-0.2, 0) is 0 Å². The fourth-order valence-electron chi connectivity index (χ4n) is 3.65. The standard InChI is InChI=1S/C22H34N6.C2H6/c23-19-3-7-21(8-4-19)25-11-1-13-27-15-17-28(18-16-27)14-2-12-26-22-9-5-20(24)6-10-22;1-2/h3-10,25-26H,1-2,11-18,23-24H2;1-2H3/p+1. The number of hydrogen-bond donors (Lipinski definition) is 5. The van der Waals surface area contributed by atoms with Crippen molar-refractivity contribution in [2.24, 2.45) is 0 Å². The molecular formula is C24H41N6+. The second-order valence-electron chi connectivity index (χ2n) is 7.65. The van der Waals surface area contributed by atoms with E-state index in [9.17, 15) is 0 Å². The Labute approximate surface area is 182 Å². The van der Waals surface area contributed by atoms with Crippen molar-refractivity contribution in [1.82, 2.24) is 4.90 Å². The average molecular weight is 414 g/mol. The first kappa shape index (κ1) is 23.8. The highest BCUT2D eigenvalue weighted by atomic mass is 15.3. The summed E-state index contributed by atoms with van der Waals surface area (Å²) in [4.78, 5) is 4.33. The maximum atomic E-state index is 5.72. The third kappa shape index (κ3) is 8.93. The topological polar surface area (TPSA) is 83.8 Å². The molecule has 7 N–H and O–H groups in total. The summed E-state index contributed by atoms with van der Waals surface area (Å²) in [5.74, 6) is 0. The Morgan fingerprint density at radius 1 is 0.767 bits per heavy atom. The first-order valence-corrected chi connectivity index (χ1v) is 11.4. The molecule has 0 radical (unpaired) electrons. The Hall–Kier alpha value is -2.44. The highest BCUT2D eigenvalue weighted by Crippen LogP contribution is 2.11. The van der Waals surface area contributed by atoms with Gasteiger partial charge in [0.1, 0.15) is 0 Å². The van der Waals surface area contributed by atoms with Crippen molar-refractivity contribution in [3.8, 4) is 0 Å². The van der Waals surface area contributed by atoms with Crippen LogP contribution in [0.3, 0.4) is 0 Å². The summed E-state index contributed by atoms with van der Waals surface area (Å²) >= 11 is 0. The van der Waals surface area contributed by atoms with Gasteiger partial charge in [0.2, 0.25) is 0 Å². The molecule has 1 aliphatic heterocycles. The molecule has 0 aromatic heterocycles. The zero-order valence-electron chi connectivity index (χ0n) is 18.8. The van der Waals surface area contributed by atoms with E-state index >= 15 is 0 Å². The van der Waals surface area contributed by atoms with Crippen molar-refractivity contribution in [1.29, 1.82) is 0 Å². The minimum Gasteiger partial charge on any atom is -0.399 e. The Morgan fingerprint density at radius 2 is 1.23 bits per heavy atom. The Kier molecular flexibility index (Phi) is 10.9. The fraction of sp³-hybridized carbons (Fsp3) is 0.500. The predicted octanol–water partition coefficient (Wildman–Crippen LogP) is 2.38. The van der Waals surface area contributed by atoms with Crippen LogP contribution >= 0.6 is 0 Å². The van der Waals surface area contributed by atoms with Gasteiger partial charge in [-0.2, -0.15) is 0 Å². The van der Waals surface area contributed by atoms with Crippen LogP contribution in [-0.4, -0.2) is 57.3 Å². The predicted molar refractivity (Wildman–Crippen MR) is 131 cm³/mol. The Bertz CT molecular complexity index is 616. The SMILES string of the molecule is CC.Nc1ccc(NCCCN2CC[NH+](CCCNc3ccc(N)cc3)CC2)cc1. The summed E-state index contributed by atoms with van der Waals surface area (Å²) in [6.07, 6.45) is 2.37. The van der Waals surface area contributed by atoms with Crippen LogP contribution in [0.1, 0.15) is 26.7 Å². The van der Waals surface area contributed by atoms with Crippen molar-refractivity contribution < 1.29 is 4.90 Å². The largest absolute Gasteiger partial charge is 0.399 e. The number of nitrogens with two attached hydrogens (primary N) is 2. The van der Waals surface area contributed by atoms with Gasteiger partial charge < -0.3 is 27.0 Å². The molecule has 0 saturated carbocycles. The average Bonchev–Trinajstić information content (AvgIpc) is 2.79. The second kappa shape index (κ2) is 13.7. The lowest BCUT2D eigenvalue weighted by molar-refractivity contribution is -0.904. The lowest BCUT2D eigenvalue weighted by atomic mass is 10.2. The van der Waals surface area contributed by atoms with E-state index in [4.69, 9.17) is 11.5 Å².